The van der Waals surface area contributed by atoms with Gasteiger partial charge < -0.3 is 9.84 Å². The summed E-state index contributed by atoms with van der Waals surface area (Å²) >= 11 is 8.08. The number of hydrogen-bond donors (Lipinski definition) is 1. The van der Waals surface area contributed by atoms with E-state index in [4.69, 9.17) is 16.1 Å². The maximum absolute atomic E-state index is 6.12. The Labute approximate surface area is 133 Å². The molecular weight excluding hydrogens is 317 g/mol. The minimum atomic E-state index is 0. The Bertz CT molecular complexity index is 558. The second kappa shape index (κ2) is 7.31. The molecule has 0 aliphatic carbocycles. The van der Waals surface area contributed by atoms with E-state index in [1.54, 1.807) is 0 Å². The Balaban J connectivity index is 0.00000147. The van der Waals surface area contributed by atoms with Crippen LogP contribution in [0, 0.1) is 0 Å². The van der Waals surface area contributed by atoms with E-state index in [0.29, 0.717) is 22.8 Å². The van der Waals surface area contributed by atoms with E-state index in [0.717, 1.165) is 24.3 Å². The van der Waals surface area contributed by atoms with Crippen LogP contribution < -0.4 is 5.32 Å². The lowest BCUT2D eigenvalue weighted by Gasteiger charge is -2.21. The van der Waals surface area contributed by atoms with Gasteiger partial charge in [-0.2, -0.15) is 16.7 Å². The number of thioether (sulfide) groups is 1. The number of aromatic nitrogens is 2. The molecule has 1 saturated heterocycles. The monoisotopic (exact) mass is 331 g/mol. The molecule has 3 rings (SSSR count). The summed E-state index contributed by atoms with van der Waals surface area (Å²) in [5.74, 6) is 3.48. The fourth-order valence-corrected chi connectivity index (χ4v) is 3.22. The molecule has 7 heteroatoms. The number of benzene rings is 1. The highest BCUT2D eigenvalue weighted by Gasteiger charge is 2.18. The summed E-state index contributed by atoms with van der Waals surface area (Å²) in [6.45, 7) is 1.04. The van der Waals surface area contributed by atoms with Crippen molar-refractivity contribution in [3.63, 3.8) is 0 Å². The fraction of sp³-hybridized carbons (Fsp3) is 0.385. The van der Waals surface area contributed by atoms with Gasteiger partial charge in [0.05, 0.1) is 5.02 Å². The number of nitrogens with zero attached hydrogens (tertiary/aromatic N) is 2. The van der Waals surface area contributed by atoms with Crippen LogP contribution in [0.5, 0.6) is 0 Å². The van der Waals surface area contributed by atoms with Crippen molar-refractivity contribution < 1.29 is 4.52 Å². The predicted octanol–water partition coefficient (Wildman–Crippen LogP) is 3.06. The third-order valence-electron chi connectivity index (χ3n) is 3.00. The van der Waals surface area contributed by atoms with E-state index in [1.807, 2.05) is 36.0 Å². The maximum Gasteiger partial charge on any atom is 0.228 e. The van der Waals surface area contributed by atoms with Crippen LogP contribution in [0.15, 0.2) is 28.8 Å². The van der Waals surface area contributed by atoms with E-state index in [9.17, 15) is 0 Å². The van der Waals surface area contributed by atoms with E-state index >= 15 is 0 Å². The third kappa shape index (κ3) is 3.67. The number of halogens is 2. The fourth-order valence-electron chi connectivity index (χ4n) is 2.05. The molecule has 1 aromatic heterocycles. The molecule has 2 heterocycles. The van der Waals surface area contributed by atoms with Gasteiger partial charge in [0.15, 0.2) is 0 Å². The van der Waals surface area contributed by atoms with Crippen LogP contribution in [-0.4, -0.2) is 34.2 Å². The Morgan fingerprint density at radius 2 is 2.25 bits per heavy atom. The summed E-state index contributed by atoms with van der Waals surface area (Å²) in [4.78, 5) is 4.42. The second-order valence-corrected chi connectivity index (χ2v) is 5.98. The zero-order valence-electron chi connectivity index (χ0n) is 10.7. The van der Waals surface area contributed by atoms with Crippen LogP contribution in [-0.2, 0) is 6.42 Å². The largest absolute Gasteiger partial charge is 0.339 e. The number of rotatable bonds is 3. The average molecular weight is 332 g/mol. The Hall–Kier alpha value is -0.750. The molecule has 0 spiro atoms. The number of hydrogen-bond acceptors (Lipinski definition) is 5. The smallest absolute Gasteiger partial charge is 0.228 e. The molecule has 1 aliphatic rings. The van der Waals surface area contributed by atoms with Crippen molar-refractivity contribution in [3.05, 3.63) is 35.2 Å². The highest BCUT2D eigenvalue weighted by atomic mass is 35.5. The molecule has 20 heavy (non-hydrogen) atoms. The van der Waals surface area contributed by atoms with E-state index in [2.05, 4.69) is 15.5 Å². The van der Waals surface area contributed by atoms with Crippen molar-refractivity contribution in [1.29, 1.82) is 0 Å². The normalized spacial score (nSPS) is 18.6. The first-order valence-corrected chi connectivity index (χ1v) is 7.75. The summed E-state index contributed by atoms with van der Waals surface area (Å²) < 4.78 is 5.31. The lowest BCUT2D eigenvalue weighted by Crippen LogP contribution is -2.38. The summed E-state index contributed by atoms with van der Waals surface area (Å²) in [6, 6.07) is 7.93. The highest BCUT2D eigenvalue weighted by molar-refractivity contribution is 7.99. The third-order valence-corrected chi connectivity index (χ3v) is 4.46. The van der Waals surface area contributed by atoms with Crippen molar-refractivity contribution in [2.24, 2.45) is 0 Å². The van der Waals surface area contributed by atoms with E-state index < -0.39 is 0 Å². The quantitative estimate of drug-likeness (QED) is 0.936. The van der Waals surface area contributed by atoms with Crippen LogP contribution in [0.1, 0.15) is 5.89 Å². The van der Waals surface area contributed by atoms with Crippen molar-refractivity contribution >= 4 is 35.8 Å². The summed E-state index contributed by atoms with van der Waals surface area (Å²) in [6.07, 6.45) is 0.768. The lowest BCUT2D eigenvalue weighted by molar-refractivity contribution is 0.363. The molecule has 0 bridgehead atoms. The maximum atomic E-state index is 6.12. The zero-order valence-corrected chi connectivity index (χ0v) is 13.1. The van der Waals surface area contributed by atoms with Crippen molar-refractivity contribution in [3.8, 4) is 11.4 Å². The highest BCUT2D eigenvalue weighted by Crippen LogP contribution is 2.25. The molecule has 1 fully saturated rings. The molecule has 1 aliphatic heterocycles. The van der Waals surface area contributed by atoms with Crippen LogP contribution in [0.3, 0.4) is 0 Å². The molecule has 1 atom stereocenters. The Kier molecular flexibility index (Phi) is 5.72. The molecule has 1 aromatic carbocycles. The molecule has 1 unspecified atom stereocenters. The first kappa shape index (κ1) is 15.6. The molecule has 0 saturated carbocycles. The van der Waals surface area contributed by atoms with Crippen LogP contribution in [0.4, 0.5) is 0 Å². The minimum absolute atomic E-state index is 0. The van der Waals surface area contributed by atoms with Gasteiger partial charge >= 0.3 is 0 Å². The topological polar surface area (TPSA) is 51.0 Å². The number of nitrogens with one attached hydrogen (secondary N) is 1. The van der Waals surface area contributed by atoms with Crippen LogP contribution in [0.2, 0.25) is 5.02 Å². The standard InChI is InChI=1S/C13H14ClN3OS.ClH/c14-11-4-2-1-3-10(11)13-16-12(18-17-13)7-9-8-19-6-5-15-9;/h1-4,9,15H,5-8H2;1H. The van der Waals surface area contributed by atoms with Gasteiger partial charge in [0, 0.05) is 36.1 Å². The van der Waals surface area contributed by atoms with Gasteiger partial charge in [-0.1, -0.05) is 28.9 Å². The summed E-state index contributed by atoms with van der Waals surface area (Å²) in [5.41, 5.74) is 0.810. The first-order valence-electron chi connectivity index (χ1n) is 6.21. The van der Waals surface area contributed by atoms with Gasteiger partial charge in [-0.15, -0.1) is 12.4 Å². The van der Waals surface area contributed by atoms with Gasteiger partial charge in [-0.05, 0) is 12.1 Å². The minimum Gasteiger partial charge on any atom is -0.339 e. The molecular formula is C13H15Cl2N3OS. The van der Waals surface area contributed by atoms with E-state index in [1.165, 1.54) is 5.75 Å². The first-order chi connectivity index (χ1) is 9.33. The average Bonchev–Trinajstić information content (AvgIpc) is 2.89. The van der Waals surface area contributed by atoms with Gasteiger partial charge in [0.1, 0.15) is 0 Å². The molecule has 0 radical (unpaired) electrons. The SMILES string of the molecule is Cl.Clc1ccccc1-c1noc(CC2CSCCN2)n1. The van der Waals surface area contributed by atoms with Crippen molar-refractivity contribution in [2.45, 2.75) is 12.5 Å². The van der Waals surface area contributed by atoms with E-state index in [-0.39, 0.29) is 12.4 Å². The summed E-state index contributed by atoms with van der Waals surface area (Å²) in [5, 5.41) is 8.10. The molecule has 108 valence electrons. The zero-order chi connectivity index (χ0) is 13.1. The van der Waals surface area contributed by atoms with Gasteiger partial charge in [-0.25, -0.2) is 0 Å². The lowest BCUT2D eigenvalue weighted by atomic mass is 10.2. The Morgan fingerprint density at radius 1 is 1.40 bits per heavy atom. The Morgan fingerprint density at radius 3 is 3.00 bits per heavy atom. The van der Waals surface area contributed by atoms with Gasteiger partial charge in [-0.3, -0.25) is 0 Å². The predicted molar refractivity (Wildman–Crippen MR) is 84.8 cm³/mol. The van der Waals surface area contributed by atoms with Crippen LogP contribution >= 0.6 is 35.8 Å². The molecule has 4 nitrogen and oxygen atoms in total. The van der Waals surface area contributed by atoms with Gasteiger partial charge in [0.25, 0.3) is 0 Å². The molecule has 0 amide bonds. The second-order valence-electron chi connectivity index (χ2n) is 4.42. The van der Waals surface area contributed by atoms with Crippen molar-refractivity contribution in [2.75, 3.05) is 18.1 Å². The molecule has 1 N–H and O–H groups in total. The summed E-state index contributed by atoms with van der Waals surface area (Å²) in [7, 11) is 0. The van der Waals surface area contributed by atoms with Crippen LogP contribution in [0.25, 0.3) is 11.4 Å². The van der Waals surface area contributed by atoms with Crippen molar-refractivity contribution in [1.82, 2.24) is 15.5 Å². The molecule has 2 aromatic rings. The van der Waals surface area contributed by atoms with Gasteiger partial charge in [0.2, 0.25) is 11.7 Å².